The highest BCUT2D eigenvalue weighted by Gasteiger charge is 2.09. The molecule has 74 valence electrons. The highest BCUT2D eigenvalue weighted by Crippen LogP contribution is 2.22. The van der Waals surface area contributed by atoms with Gasteiger partial charge in [-0.2, -0.15) is 0 Å². The van der Waals surface area contributed by atoms with Gasteiger partial charge in [0.25, 0.3) is 0 Å². The van der Waals surface area contributed by atoms with Crippen LogP contribution >= 0.6 is 12.4 Å². The molecular formula is C9H13ClFNO. The maximum absolute atomic E-state index is 12.2. The van der Waals surface area contributed by atoms with Gasteiger partial charge in [0.2, 0.25) is 0 Å². The summed E-state index contributed by atoms with van der Waals surface area (Å²) in [4.78, 5) is 0. The Hall–Kier alpha value is -0.800. The zero-order valence-electron chi connectivity index (χ0n) is 7.37. The zero-order valence-corrected chi connectivity index (χ0v) is 8.18. The van der Waals surface area contributed by atoms with Crippen molar-refractivity contribution in [3.8, 4) is 5.75 Å². The number of para-hydroxylation sites is 1. The van der Waals surface area contributed by atoms with Crippen molar-refractivity contribution in [1.29, 1.82) is 0 Å². The van der Waals surface area contributed by atoms with Gasteiger partial charge in [-0.25, -0.2) is 4.39 Å². The normalized spacial score (nSPS) is 11.6. The van der Waals surface area contributed by atoms with Gasteiger partial charge in [0.15, 0.2) is 0 Å². The van der Waals surface area contributed by atoms with E-state index in [9.17, 15) is 4.39 Å². The van der Waals surface area contributed by atoms with Crippen LogP contribution in [0.25, 0.3) is 0 Å². The Morgan fingerprint density at radius 2 is 2.08 bits per heavy atom. The number of hydrogen-bond acceptors (Lipinski definition) is 2. The molecule has 0 aliphatic heterocycles. The lowest BCUT2D eigenvalue weighted by Crippen LogP contribution is -2.13. The van der Waals surface area contributed by atoms with Gasteiger partial charge >= 0.3 is 0 Å². The topological polar surface area (TPSA) is 35.2 Å². The van der Waals surface area contributed by atoms with Crippen LogP contribution in [0.4, 0.5) is 4.39 Å². The lowest BCUT2D eigenvalue weighted by atomic mass is 10.1. The first-order valence-corrected chi connectivity index (χ1v) is 3.74. The van der Waals surface area contributed by atoms with Crippen LogP contribution in [0.3, 0.4) is 0 Å². The highest BCUT2D eigenvalue weighted by molar-refractivity contribution is 5.85. The summed E-state index contributed by atoms with van der Waals surface area (Å²) in [5.41, 5.74) is 6.23. The Kier molecular flexibility index (Phi) is 5.42. The molecule has 0 heterocycles. The molecule has 13 heavy (non-hydrogen) atoms. The molecule has 1 aromatic rings. The molecule has 0 radical (unpaired) electrons. The summed E-state index contributed by atoms with van der Waals surface area (Å²) in [7, 11) is 1.55. The number of ether oxygens (including phenoxy) is 1. The third kappa shape index (κ3) is 2.86. The molecular weight excluding hydrogens is 193 g/mol. The van der Waals surface area contributed by atoms with Crippen molar-refractivity contribution in [2.75, 3.05) is 13.8 Å². The third-order valence-electron chi connectivity index (χ3n) is 1.70. The number of benzene rings is 1. The summed E-state index contributed by atoms with van der Waals surface area (Å²) in [6.45, 7) is -0.569. The Labute approximate surface area is 83.3 Å². The molecule has 1 aromatic carbocycles. The van der Waals surface area contributed by atoms with E-state index < -0.39 is 12.7 Å². The molecule has 0 saturated carbocycles. The first kappa shape index (κ1) is 12.2. The van der Waals surface area contributed by atoms with Gasteiger partial charge in [-0.1, -0.05) is 18.2 Å². The van der Waals surface area contributed by atoms with Crippen LogP contribution in [0, 0.1) is 0 Å². The Morgan fingerprint density at radius 1 is 1.46 bits per heavy atom. The van der Waals surface area contributed by atoms with Gasteiger partial charge in [-0.3, -0.25) is 0 Å². The predicted octanol–water partition coefficient (Wildman–Crippen LogP) is 2.09. The maximum atomic E-state index is 12.2. The number of nitrogens with two attached hydrogens (primary N) is 1. The molecule has 2 nitrogen and oxygen atoms in total. The summed E-state index contributed by atoms with van der Waals surface area (Å²) in [6, 6.07) is 6.59. The van der Waals surface area contributed by atoms with Crippen LogP contribution in [-0.4, -0.2) is 13.8 Å². The fraction of sp³-hybridized carbons (Fsp3) is 0.333. The number of alkyl halides is 1. The predicted molar refractivity (Wildman–Crippen MR) is 53.1 cm³/mol. The number of halogens is 2. The van der Waals surface area contributed by atoms with Gasteiger partial charge in [-0.05, 0) is 6.07 Å². The molecule has 2 N–H and O–H groups in total. The quantitative estimate of drug-likeness (QED) is 0.820. The second-order valence-electron chi connectivity index (χ2n) is 2.50. The highest BCUT2D eigenvalue weighted by atomic mass is 35.5. The van der Waals surface area contributed by atoms with Crippen molar-refractivity contribution in [3.05, 3.63) is 29.8 Å². The average molecular weight is 206 g/mol. The van der Waals surface area contributed by atoms with E-state index >= 15 is 0 Å². The van der Waals surface area contributed by atoms with E-state index in [1.807, 2.05) is 12.1 Å². The molecule has 1 atom stereocenters. The van der Waals surface area contributed by atoms with Crippen molar-refractivity contribution in [1.82, 2.24) is 0 Å². The Bertz CT molecular complexity index is 257. The molecule has 0 aliphatic rings. The van der Waals surface area contributed by atoms with Crippen molar-refractivity contribution in [2.45, 2.75) is 6.04 Å². The van der Waals surface area contributed by atoms with E-state index in [0.717, 1.165) is 0 Å². The van der Waals surface area contributed by atoms with Gasteiger partial charge in [0, 0.05) is 5.56 Å². The van der Waals surface area contributed by atoms with Crippen LogP contribution < -0.4 is 10.5 Å². The maximum Gasteiger partial charge on any atom is 0.123 e. The second-order valence-corrected chi connectivity index (χ2v) is 2.50. The SMILES string of the molecule is COc1ccccc1[C@@H](N)CF.Cl. The minimum absolute atomic E-state index is 0. The minimum atomic E-state index is -0.582. The van der Waals surface area contributed by atoms with Crippen LogP contribution in [-0.2, 0) is 0 Å². The first-order chi connectivity index (χ1) is 5.79. The average Bonchev–Trinajstić information content (AvgIpc) is 2.16. The van der Waals surface area contributed by atoms with Gasteiger partial charge < -0.3 is 10.5 Å². The van der Waals surface area contributed by atoms with E-state index in [2.05, 4.69) is 0 Å². The summed E-state index contributed by atoms with van der Waals surface area (Å²) < 4.78 is 17.2. The Balaban J connectivity index is 0.00000144. The van der Waals surface area contributed by atoms with E-state index in [-0.39, 0.29) is 12.4 Å². The molecule has 0 aliphatic carbocycles. The van der Waals surface area contributed by atoms with Crippen molar-refractivity contribution in [2.24, 2.45) is 5.73 Å². The summed E-state index contributed by atoms with van der Waals surface area (Å²) >= 11 is 0. The molecule has 0 bridgehead atoms. The molecule has 0 amide bonds. The van der Waals surface area contributed by atoms with Crippen LogP contribution in [0.2, 0.25) is 0 Å². The molecule has 0 aromatic heterocycles. The summed E-state index contributed by atoms with van der Waals surface area (Å²) in [5, 5.41) is 0. The molecule has 0 unspecified atom stereocenters. The molecule has 1 rings (SSSR count). The minimum Gasteiger partial charge on any atom is -0.496 e. The van der Waals surface area contributed by atoms with Gasteiger partial charge in [-0.15, -0.1) is 12.4 Å². The first-order valence-electron chi connectivity index (χ1n) is 3.74. The molecule has 4 heteroatoms. The summed E-state index contributed by atoms with van der Waals surface area (Å²) in [6.07, 6.45) is 0. The van der Waals surface area contributed by atoms with E-state index in [4.69, 9.17) is 10.5 Å². The number of rotatable bonds is 3. The largest absolute Gasteiger partial charge is 0.496 e. The molecule has 0 saturated heterocycles. The lowest BCUT2D eigenvalue weighted by Gasteiger charge is -2.11. The van der Waals surface area contributed by atoms with Crippen molar-refractivity contribution >= 4 is 12.4 Å². The van der Waals surface area contributed by atoms with Crippen LogP contribution in [0.1, 0.15) is 11.6 Å². The zero-order chi connectivity index (χ0) is 8.97. The standard InChI is InChI=1S/C9H12FNO.ClH/c1-12-9-5-3-2-4-7(9)8(11)6-10;/h2-5,8H,6,11H2,1H3;1H/t8-;/m0./s1. The Morgan fingerprint density at radius 3 is 2.62 bits per heavy atom. The van der Waals surface area contributed by atoms with Gasteiger partial charge in [0.1, 0.15) is 12.4 Å². The summed E-state index contributed by atoms with van der Waals surface area (Å²) in [5.74, 6) is 0.641. The van der Waals surface area contributed by atoms with Gasteiger partial charge in [0.05, 0.1) is 13.2 Å². The van der Waals surface area contributed by atoms with E-state index in [1.54, 1.807) is 19.2 Å². The van der Waals surface area contributed by atoms with Crippen molar-refractivity contribution in [3.63, 3.8) is 0 Å². The lowest BCUT2D eigenvalue weighted by molar-refractivity contribution is 0.389. The molecule has 0 spiro atoms. The van der Waals surface area contributed by atoms with E-state index in [0.29, 0.717) is 11.3 Å². The number of methoxy groups -OCH3 is 1. The fourth-order valence-electron chi connectivity index (χ4n) is 1.06. The second kappa shape index (κ2) is 5.78. The smallest absolute Gasteiger partial charge is 0.123 e. The van der Waals surface area contributed by atoms with E-state index in [1.165, 1.54) is 0 Å². The monoisotopic (exact) mass is 205 g/mol. The number of hydrogen-bond donors (Lipinski definition) is 1. The fourth-order valence-corrected chi connectivity index (χ4v) is 1.06. The van der Waals surface area contributed by atoms with Crippen LogP contribution in [0.5, 0.6) is 5.75 Å². The van der Waals surface area contributed by atoms with Crippen LogP contribution in [0.15, 0.2) is 24.3 Å². The van der Waals surface area contributed by atoms with Crippen molar-refractivity contribution < 1.29 is 9.13 Å². The molecule has 0 fully saturated rings. The third-order valence-corrected chi connectivity index (χ3v) is 1.70.